The molecule has 0 aromatic heterocycles. The molecule has 6 rings (SSSR count). The number of nitriles is 6. The molecule has 0 N–H and O–H groups in total. The van der Waals surface area contributed by atoms with Crippen LogP contribution < -0.4 is 9.47 Å². The fourth-order valence-electron chi connectivity index (χ4n) is 6.34. The third kappa shape index (κ3) is 5.70. The molecule has 0 atom stereocenters. The summed E-state index contributed by atoms with van der Waals surface area (Å²) in [6, 6.07) is 26.6. The summed E-state index contributed by atoms with van der Waals surface area (Å²) < 4.78 is 88.3. The second-order valence-electron chi connectivity index (χ2n) is 10.9. The van der Waals surface area contributed by atoms with Crippen LogP contribution in [0.4, 0.5) is 26.3 Å². The maximum atomic E-state index is 13.3. The highest BCUT2D eigenvalue weighted by Crippen LogP contribution is 2.62. The van der Waals surface area contributed by atoms with E-state index in [9.17, 15) is 57.9 Å². The van der Waals surface area contributed by atoms with Crippen molar-refractivity contribution in [3.63, 3.8) is 0 Å². The molecule has 0 heterocycles. The number of benzene rings is 4. The molecule has 0 unspecified atom stereocenters. The number of hydrogen-bond acceptors (Lipinski definition) is 8. The Balaban J connectivity index is 1.75. The topological polar surface area (TPSA) is 161 Å². The number of hydrogen-bond donors (Lipinski definition) is 0. The summed E-state index contributed by atoms with van der Waals surface area (Å²) >= 11 is 0. The average molecular weight is 699 g/mol. The standard InChI is InChI=1S/C38H12F6N6O2/c39-37(40,41)51-29-11-19(7-9-21(29)13-45)25-3-1-5-27-31(23(15-47)16-48)35-34-26(20-8-10-22(14-46)30(12-20)52-38(42,43)44)4-2-6-28(34)32(24(17-49)18-50)36(35)33(25)27/h1-12H. The van der Waals surface area contributed by atoms with Crippen LogP contribution in [0.1, 0.15) is 33.4 Å². The Labute approximate surface area is 289 Å². The summed E-state index contributed by atoms with van der Waals surface area (Å²) in [4.78, 5) is 0. The lowest BCUT2D eigenvalue weighted by Gasteiger charge is -2.18. The molecule has 0 saturated carbocycles. The molecule has 0 spiro atoms. The van der Waals surface area contributed by atoms with Gasteiger partial charge in [0.25, 0.3) is 0 Å². The van der Waals surface area contributed by atoms with E-state index in [1.165, 1.54) is 48.5 Å². The molecular formula is C38H12F6N6O2. The Bertz CT molecular complexity index is 2410. The van der Waals surface area contributed by atoms with Gasteiger partial charge in [0.15, 0.2) is 0 Å². The van der Waals surface area contributed by atoms with Gasteiger partial charge in [-0.2, -0.15) is 31.6 Å². The zero-order chi connectivity index (χ0) is 37.5. The zero-order valence-electron chi connectivity index (χ0n) is 25.7. The van der Waals surface area contributed by atoms with Crippen LogP contribution in [0.5, 0.6) is 11.5 Å². The van der Waals surface area contributed by atoms with Crippen molar-refractivity contribution in [1.29, 1.82) is 31.6 Å². The van der Waals surface area contributed by atoms with Crippen LogP contribution in [0.2, 0.25) is 0 Å². The van der Waals surface area contributed by atoms with Gasteiger partial charge in [0, 0.05) is 22.3 Å². The molecule has 0 amide bonds. The molecule has 0 radical (unpaired) electrons. The van der Waals surface area contributed by atoms with Crippen LogP contribution in [0.3, 0.4) is 0 Å². The Hall–Kier alpha value is -7.78. The first-order valence-electron chi connectivity index (χ1n) is 14.5. The number of fused-ring (bicyclic) bond motifs is 4. The van der Waals surface area contributed by atoms with Crippen molar-refractivity contribution in [3.05, 3.63) is 117 Å². The number of nitrogens with zero attached hydrogens (tertiary/aromatic N) is 6. The number of ether oxygens (including phenoxy) is 2. The Morgan fingerprint density at radius 2 is 0.827 bits per heavy atom. The first-order chi connectivity index (χ1) is 24.8. The molecule has 4 aromatic carbocycles. The molecule has 0 fully saturated rings. The van der Waals surface area contributed by atoms with E-state index in [-0.39, 0.29) is 66.8 Å². The van der Waals surface area contributed by atoms with E-state index in [1.807, 2.05) is 24.3 Å². The van der Waals surface area contributed by atoms with Crippen LogP contribution in [-0.4, -0.2) is 12.7 Å². The maximum absolute atomic E-state index is 13.3. The monoisotopic (exact) mass is 698 g/mol. The highest BCUT2D eigenvalue weighted by molar-refractivity contribution is 6.39. The second-order valence-corrected chi connectivity index (χ2v) is 10.9. The van der Waals surface area contributed by atoms with Crippen molar-refractivity contribution in [2.75, 3.05) is 0 Å². The zero-order valence-corrected chi connectivity index (χ0v) is 25.7. The minimum atomic E-state index is -5.16. The lowest BCUT2D eigenvalue weighted by atomic mass is 9.84. The summed E-state index contributed by atoms with van der Waals surface area (Å²) in [7, 11) is 0. The minimum Gasteiger partial charge on any atom is -0.404 e. The summed E-state index contributed by atoms with van der Waals surface area (Å²) in [6.07, 6.45) is -10.3. The van der Waals surface area contributed by atoms with Crippen molar-refractivity contribution < 1.29 is 35.8 Å². The van der Waals surface area contributed by atoms with Gasteiger partial charge in [-0.25, -0.2) is 0 Å². The average Bonchev–Trinajstić information content (AvgIpc) is 3.61. The lowest BCUT2D eigenvalue weighted by molar-refractivity contribution is -0.275. The summed E-state index contributed by atoms with van der Waals surface area (Å²) in [5.41, 5.74) is 0.0524. The fourth-order valence-corrected chi connectivity index (χ4v) is 6.34. The Morgan fingerprint density at radius 1 is 0.481 bits per heavy atom. The number of rotatable bonds is 4. The minimum absolute atomic E-state index is 0.0246. The highest BCUT2D eigenvalue weighted by atomic mass is 19.4. The molecule has 248 valence electrons. The van der Waals surface area contributed by atoms with Gasteiger partial charge in [0.1, 0.15) is 59.1 Å². The van der Waals surface area contributed by atoms with Gasteiger partial charge in [-0.05, 0) is 68.8 Å². The second kappa shape index (κ2) is 12.6. The van der Waals surface area contributed by atoms with E-state index in [4.69, 9.17) is 0 Å². The number of alkyl halides is 6. The van der Waals surface area contributed by atoms with Crippen LogP contribution in [0.25, 0.3) is 44.5 Å². The smallest absolute Gasteiger partial charge is 0.404 e. The van der Waals surface area contributed by atoms with Crippen molar-refractivity contribution in [1.82, 2.24) is 0 Å². The van der Waals surface area contributed by atoms with E-state index < -0.39 is 46.5 Å². The molecule has 14 heteroatoms. The Morgan fingerprint density at radius 3 is 1.13 bits per heavy atom. The van der Waals surface area contributed by atoms with Crippen molar-refractivity contribution in [2.45, 2.75) is 12.7 Å². The van der Waals surface area contributed by atoms with Gasteiger partial charge in [-0.1, -0.05) is 48.5 Å². The molecular weight excluding hydrogens is 686 g/mol. The summed E-state index contributed by atoms with van der Waals surface area (Å²) in [5.74, 6) is -1.63. The van der Waals surface area contributed by atoms with Gasteiger partial charge < -0.3 is 9.47 Å². The molecule has 0 saturated heterocycles. The highest BCUT2D eigenvalue weighted by Gasteiger charge is 2.43. The molecule has 2 aliphatic carbocycles. The first kappa shape index (κ1) is 34.1. The van der Waals surface area contributed by atoms with Crippen molar-refractivity contribution in [3.8, 4) is 70.2 Å². The van der Waals surface area contributed by atoms with Gasteiger partial charge in [0.2, 0.25) is 0 Å². The van der Waals surface area contributed by atoms with Crippen LogP contribution in [0, 0.1) is 68.0 Å². The number of allylic oxidation sites excluding steroid dienone is 6. The molecule has 8 nitrogen and oxygen atoms in total. The molecule has 52 heavy (non-hydrogen) atoms. The van der Waals surface area contributed by atoms with Gasteiger partial charge in [-0.3, -0.25) is 0 Å². The van der Waals surface area contributed by atoms with Crippen molar-refractivity contribution in [2.24, 2.45) is 0 Å². The van der Waals surface area contributed by atoms with Crippen LogP contribution in [0.15, 0.2) is 83.9 Å². The van der Waals surface area contributed by atoms with E-state index in [2.05, 4.69) is 9.47 Å². The maximum Gasteiger partial charge on any atom is 0.573 e. The predicted molar refractivity (Wildman–Crippen MR) is 170 cm³/mol. The van der Waals surface area contributed by atoms with Crippen molar-refractivity contribution >= 4 is 22.3 Å². The van der Waals surface area contributed by atoms with Gasteiger partial charge in [-0.15, -0.1) is 26.3 Å². The SMILES string of the molecule is N#CC(C#N)=C1C2=C(C(=C(C#N)C#N)c3cccc(-c4ccc(C#N)c(OC(F)(F)F)c4)c32)c2c1cccc2-c1ccc(C#N)c(OC(F)(F)F)c1. The lowest BCUT2D eigenvalue weighted by Crippen LogP contribution is -2.17. The quantitative estimate of drug-likeness (QED) is 0.151. The van der Waals surface area contributed by atoms with E-state index in [0.29, 0.717) is 0 Å². The van der Waals surface area contributed by atoms with Crippen LogP contribution in [-0.2, 0) is 0 Å². The van der Waals surface area contributed by atoms with Gasteiger partial charge >= 0.3 is 12.7 Å². The van der Waals surface area contributed by atoms with E-state index >= 15 is 0 Å². The van der Waals surface area contributed by atoms with Crippen LogP contribution >= 0.6 is 0 Å². The molecule has 0 bridgehead atoms. The predicted octanol–water partition coefficient (Wildman–Crippen LogP) is 9.10. The van der Waals surface area contributed by atoms with E-state index in [0.717, 1.165) is 24.3 Å². The fraction of sp³-hybridized carbons (Fsp3) is 0.0526. The molecule has 2 aliphatic rings. The summed E-state index contributed by atoms with van der Waals surface area (Å²) in [6.45, 7) is 0. The largest absolute Gasteiger partial charge is 0.573 e. The number of halogens is 6. The Kier molecular flexibility index (Phi) is 8.26. The van der Waals surface area contributed by atoms with E-state index in [1.54, 1.807) is 12.1 Å². The van der Waals surface area contributed by atoms with Gasteiger partial charge in [0.05, 0.1) is 11.1 Å². The normalized spacial score (nSPS) is 12.5. The third-order valence-corrected chi connectivity index (χ3v) is 8.14. The molecule has 0 aliphatic heterocycles. The third-order valence-electron chi connectivity index (χ3n) is 8.14. The first-order valence-corrected chi connectivity index (χ1v) is 14.5. The molecule has 4 aromatic rings. The summed E-state index contributed by atoms with van der Waals surface area (Å²) in [5, 5.41) is 59.5.